The summed E-state index contributed by atoms with van der Waals surface area (Å²) in [5, 5.41) is 19.5. The van der Waals surface area contributed by atoms with Gasteiger partial charge in [0.1, 0.15) is 0 Å². The van der Waals surface area contributed by atoms with Crippen molar-refractivity contribution in [2.75, 3.05) is 29.9 Å². The van der Waals surface area contributed by atoms with Crippen LogP contribution in [-0.2, 0) is 0 Å². The van der Waals surface area contributed by atoms with E-state index in [1.54, 1.807) is 25.4 Å². The molecule has 1 unspecified atom stereocenters. The van der Waals surface area contributed by atoms with E-state index in [2.05, 4.69) is 20.1 Å². The zero-order valence-corrected chi connectivity index (χ0v) is 13.8. The van der Waals surface area contributed by atoms with E-state index in [0.29, 0.717) is 17.9 Å². The first kappa shape index (κ1) is 16.1. The zero-order valence-electron chi connectivity index (χ0n) is 13.8. The van der Waals surface area contributed by atoms with Crippen LogP contribution < -0.4 is 9.80 Å². The Morgan fingerprint density at radius 2 is 2.25 bits per heavy atom. The lowest BCUT2D eigenvalue weighted by atomic mass is 10.2. The van der Waals surface area contributed by atoms with Crippen LogP contribution in [0.4, 0.5) is 17.3 Å². The molecule has 126 valence electrons. The number of aromatic nitrogens is 3. The zero-order chi connectivity index (χ0) is 17.1. The molecule has 0 bridgehead atoms. The van der Waals surface area contributed by atoms with Crippen LogP contribution >= 0.6 is 0 Å². The summed E-state index contributed by atoms with van der Waals surface area (Å²) in [6, 6.07) is 5.71. The molecule has 0 saturated carbocycles. The summed E-state index contributed by atoms with van der Waals surface area (Å²) in [5.74, 6) is 1.26. The quantitative estimate of drug-likeness (QED) is 0.614. The molecule has 2 aromatic heterocycles. The van der Waals surface area contributed by atoms with Crippen molar-refractivity contribution in [1.29, 1.82) is 0 Å². The Bertz CT molecular complexity index is 724. The van der Waals surface area contributed by atoms with Crippen LogP contribution in [-0.4, -0.2) is 46.3 Å². The van der Waals surface area contributed by atoms with Gasteiger partial charge in [0.05, 0.1) is 4.92 Å². The SMILES string of the molecule is Cc1ccnc(N(C)CC2CCCN2c2cccnn2)c1[N+](=O)[O-]. The Labute approximate surface area is 140 Å². The van der Waals surface area contributed by atoms with Gasteiger partial charge in [-0.15, -0.1) is 5.10 Å². The minimum atomic E-state index is -0.358. The molecule has 1 atom stereocenters. The van der Waals surface area contributed by atoms with Crippen LogP contribution in [0.5, 0.6) is 0 Å². The Morgan fingerprint density at radius 3 is 2.96 bits per heavy atom. The van der Waals surface area contributed by atoms with Crippen LogP contribution in [0.2, 0.25) is 0 Å². The van der Waals surface area contributed by atoms with Gasteiger partial charge in [-0.2, -0.15) is 5.10 Å². The average Bonchev–Trinajstić information content (AvgIpc) is 3.03. The molecule has 0 aromatic carbocycles. The molecule has 0 N–H and O–H groups in total. The van der Waals surface area contributed by atoms with Gasteiger partial charge in [0.2, 0.25) is 5.82 Å². The molecule has 3 rings (SSSR count). The van der Waals surface area contributed by atoms with E-state index < -0.39 is 0 Å². The normalized spacial score (nSPS) is 17.1. The number of nitro groups is 1. The minimum Gasteiger partial charge on any atom is -0.352 e. The largest absolute Gasteiger partial charge is 0.352 e. The van der Waals surface area contributed by atoms with Crippen LogP contribution in [0, 0.1) is 17.0 Å². The topological polar surface area (TPSA) is 88.3 Å². The van der Waals surface area contributed by atoms with E-state index in [-0.39, 0.29) is 16.7 Å². The highest BCUT2D eigenvalue weighted by molar-refractivity contribution is 5.61. The second-order valence-corrected chi connectivity index (χ2v) is 6.01. The van der Waals surface area contributed by atoms with Crippen molar-refractivity contribution in [2.45, 2.75) is 25.8 Å². The van der Waals surface area contributed by atoms with Gasteiger partial charge < -0.3 is 9.80 Å². The molecule has 0 radical (unpaired) electrons. The maximum atomic E-state index is 11.4. The van der Waals surface area contributed by atoms with Gasteiger partial charge in [0.25, 0.3) is 0 Å². The molecule has 3 heterocycles. The molecule has 1 fully saturated rings. The first-order chi connectivity index (χ1) is 11.6. The summed E-state index contributed by atoms with van der Waals surface area (Å²) in [6.07, 6.45) is 5.35. The Hall–Kier alpha value is -2.77. The Kier molecular flexibility index (Phi) is 4.54. The van der Waals surface area contributed by atoms with Crippen molar-refractivity contribution in [3.63, 3.8) is 0 Å². The third-order valence-electron chi connectivity index (χ3n) is 4.37. The minimum absolute atomic E-state index is 0.0732. The molecule has 8 heteroatoms. The van der Waals surface area contributed by atoms with Gasteiger partial charge in [-0.1, -0.05) is 0 Å². The summed E-state index contributed by atoms with van der Waals surface area (Å²) in [7, 11) is 1.85. The van der Waals surface area contributed by atoms with Crippen LogP contribution in [0.3, 0.4) is 0 Å². The lowest BCUT2D eigenvalue weighted by Crippen LogP contribution is -2.40. The Morgan fingerprint density at radius 1 is 1.42 bits per heavy atom. The van der Waals surface area contributed by atoms with E-state index in [9.17, 15) is 10.1 Å². The molecule has 1 aliphatic rings. The highest BCUT2D eigenvalue weighted by Crippen LogP contribution is 2.30. The fourth-order valence-corrected chi connectivity index (χ4v) is 3.22. The number of hydrogen-bond donors (Lipinski definition) is 0. The standard InChI is InChI=1S/C16H20N6O2/c1-12-7-9-17-16(15(12)22(23)24)20(2)11-13-5-4-10-21(13)14-6-3-8-18-19-14/h3,6-9,13H,4-5,10-11H2,1-2H3. The molecule has 0 spiro atoms. The summed E-state index contributed by atoms with van der Waals surface area (Å²) >= 11 is 0. The van der Waals surface area contributed by atoms with Crippen molar-refractivity contribution in [3.05, 3.63) is 46.3 Å². The Balaban J connectivity index is 1.81. The van der Waals surface area contributed by atoms with E-state index in [1.807, 2.05) is 24.1 Å². The summed E-state index contributed by atoms with van der Waals surface area (Å²) < 4.78 is 0. The van der Waals surface area contributed by atoms with Crippen molar-refractivity contribution in [3.8, 4) is 0 Å². The van der Waals surface area contributed by atoms with E-state index in [4.69, 9.17) is 0 Å². The van der Waals surface area contributed by atoms with Gasteiger partial charge in [-0.05, 0) is 38.0 Å². The predicted molar refractivity (Wildman–Crippen MR) is 91.3 cm³/mol. The highest BCUT2D eigenvalue weighted by atomic mass is 16.6. The molecule has 0 amide bonds. The lowest BCUT2D eigenvalue weighted by molar-refractivity contribution is -0.384. The summed E-state index contributed by atoms with van der Waals surface area (Å²) in [6.45, 7) is 3.30. The predicted octanol–water partition coefficient (Wildman–Crippen LogP) is 2.19. The van der Waals surface area contributed by atoms with Gasteiger partial charge in [0.15, 0.2) is 5.82 Å². The van der Waals surface area contributed by atoms with Crippen molar-refractivity contribution >= 4 is 17.3 Å². The fourth-order valence-electron chi connectivity index (χ4n) is 3.22. The molecule has 8 nitrogen and oxygen atoms in total. The van der Waals surface area contributed by atoms with E-state index in [0.717, 1.165) is 25.2 Å². The highest BCUT2D eigenvalue weighted by Gasteiger charge is 2.29. The average molecular weight is 328 g/mol. The number of rotatable bonds is 5. The van der Waals surface area contributed by atoms with Crippen LogP contribution in [0.25, 0.3) is 0 Å². The number of pyridine rings is 1. The number of hydrogen-bond acceptors (Lipinski definition) is 7. The summed E-state index contributed by atoms with van der Waals surface area (Å²) in [4.78, 5) is 19.3. The number of aryl methyl sites for hydroxylation is 1. The van der Waals surface area contributed by atoms with Gasteiger partial charge >= 0.3 is 5.69 Å². The maximum Gasteiger partial charge on any atom is 0.314 e. The third-order valence-corrected chi connectivity index (χ3v) is 4.37. The molecule has 2 aromatic rings. The second kappa shape index (κ2) is 6.77. The van der Waals surface area contributed by atoms with Crippen molar-refractivity contribution < 1.29 is 4.92 Å². The monoisotopic (exact) mass is 328 g/mol. The second-order valence-electron chi connectivity index (χ2n) is 6.01. The molecule has 0 aliphatic carbocycles. The molecule has 24 heavy (non-hydrogen) atoms. The van der Waals surface area contributed by atoms with E-state index in [1.165, 1.54) is 0 Å². The number of likely N-dealkylation sites (N-methyl/N-ethyl adjacent to an activating group) is 1. The molecule has 1 aliphatic heterocycles. The molecular formula is C16H20N6O2. The fraction of sp³-hybridized carbons (Fsp3) is 0.438. The third kappa shape index (κ3) is 3.12. The summed E-state index contributed by atoms with van der Waals surface area (Å²) in [5.41, 5.74) is 0.693. The van der Waals surface area contributed by atoms with Crippen molar-refractivity contribution in [1.82, 2.24) is 15.2 Å². The van der Waals surface area contributed by atoms with Crippen molar-refractivity contribution in [2.24, 2.45) is 0 Å². The molecular weight excluding hydrogens is 308 g/mol. The van der Waals surface area contributed by atoms with E-state index >= 15 is 0 Å². The van der Waals surface area contributed by atoms with Crippen LogP contribution in [0.15, 0.2) is 30.6 Å². The first-order valence-corrected chi connectivity index (χ1v) is 7.93. The number of anilines is 2. The van der Waals surface area contributed by atoms with Gasteiger partial charge in [0, 0.05) is 44.1 Å². The smallest absolute Gasteiger partial charge is 0.314 e. The number of nitrogens with zero attached hydrogens (tertiary/aromatic N) is 6. The first-order valence-electron chi connectivity index (χ1n) is 7.93. The maximum absolute atomic E-state index is 11.4. The van der Waals surface area contributed by atoms with Crippen LogP contribution in [0.1, 0.15) is 18.4 Å². The molecule has 1 saturated heterocycles. The van der Waals surface area contributed by atoms with Gasteiger partial charge in [-0.3, -0.25) is 10.1 Å². The van der Waals surface area contributed by atoms with Gasteiger partial charge in [-0.25, -0.2) is 4.98 Å². The lowest BCUT2D eigenvalue weighted by Gasteiger charge is -2.29.